The number of aliphatic hydroxyl groups is 1. The van der Waals surface area contributed by atoms with Crippen molar-refractivity contribution in [1.82, 2.24) is 0 Å². The lowest BCUT2D eigenvalue weighted by Crippen LogP contribution is -2.36. The number of anilines is 2. The Balaban J connectivity index is 1.61. The first kappa shape index (κ1) is 23.7. The topological polar surface area (TPSA) is 99.5 Å². The van der Waals surface area contributed by atoms with Crippen molar-refractivity contribution in [2.24, 2.45) is 0 Å². The van der Waals surface area contributed by atoms with E-state index in [1.807, 2.05) is 24.3 Å². The molecule has 8 nitrogen and oxygen atoms in total. The molecule has 36 heavy (non-hydrogen) atoms. The number of methoxy groups -OCH3 is 1. The molecule has 184 valence electrons. The molecule has 0 atom stereocenters. The first-order valence-corrected chi connectivity index (χ1v) is 11.7. The van der Waals surface area contributed by atoms with Gasteiger partial charge in [0.05, 0.1) is 36.6 Å². The normalized spacial score (nSPS) is 16.7. The number of benzene rings is 3. The van der Waals surface area contributed by atoms with Crippen LogP contribution in [0.2, 0.25) is 5.02 Å². The summed E-state index contributed by atoms with van der Waals surface area (Å²) in [7, 11) is 1.49. The molecule has 2 aliphatic rings. The van der Waals surface area contributed by atoms with Gasteiger partial charge in [-0.1, -0.05) is 35.9 Å². The maximum atomic E-state index is 13.2. The quantitative estimate of drug-likeness (QED) is 0.365. The molecule has 0 saturated carbocycles. The highest BCUT2D eigenvalue weighted by molar-refractivity contribution is 6.43. The van der Waals surface area contributed by atoms with Gasteiger partial charge in [0, 0.05) is 35.5 Å². The molecule has 0 spiro atoms. The van der Waals surface area contributed by atoms with Gasteiger partial charge in [0.1, 0.15) is 11.5 Å². The number of imide groups is 1. The molecule has 2 N–H and O–H groups in total. The van der Waals surface area contributed by atoms with Crippen LogP contribution in [-0.2, 0) is 9.53 Å². The number of hydrogen-bond donors (Lipinski definition) is 2. The minimum Gasteiger partial charge on any atom is -0.506 e. The highest BCUT2D eigenvalue weighted by Crippen LogP contribution is 2.45. The smallest absolute Gasteiger partial charge is 0.419 e. The summed E-state index contributed by atoms with van der Waals surface area (Å²) in [4.78, 5) is 28.0. The molecule has 0 aliphatic carbocycles. The number of nitrogens with zero attached hydrogens (tertiary/aromatic N) is 2. The second-order valence-corrected chi connectivity index (χ2v) is 8.78. The molecule has 0 radical (unpaired) electrons. The van der Waals surface area contributed by atoms with Crippen LogP contribution in [0.25, 0.3) is 22.5 Å². The van der Waals surface area contributed by atoms with E-state index in [0.717, 1.165) is 24.3 Å². The standard InChI is InChI=1S/C27H23ClN2O6/c1-35-19-4-2-3-17(13-19)25(31)24-21-14-20(22(28)15-23(21)30(26(24)32)27(33)34)16-5-7-18(8-6-16)29-9-11-36-12-10-29/h2-8,13-15,31H,9-12H2,1H3,(H,33,34). The summed E-state index contributed by atoms with van der Waals surface area (Å²) in [6, 6.07) is 17.5. The largest absolute Gasteiger partial charge is 0.506 e. The summed E-state index contributed by atoms with van der Waals surface area (Å²) in [6.07, 6.45) is -1.46. The lowest BCUT2D eigenvalue weighted by molar-refractivity contribution is -0.112. The number of aliphatic hydroxyl groups excluding tert-OH is 1. The lowest BCUT2D eigenvalue weighted by Gasteiger charge is -2.29. The molecule has 2 amide bonds. The van der Waals surface area contributed by atoms with E-state index in [2.05, 4.69) is 4.90 Å². The number of halogens is 1. The molecule has 3 aromatic rings. The number of rotatable bonds is 4. The first-order valence-electron chi connectivity index (χ1n) is 11.3. The van der Waals surface area contributed by atoms with Gasteiger partial charge in [-0.2, -0.15) is 0 Å². The van der Waals surface area contributed by atoms with Gasteiger partial charge in [0.2, 0.25) is 0 Å². The Morgan fingerprint density at radius 1 is 1.00 bits per heavy atom. The highest BCUT2D eigenvalue weighted by Gasteiger charge is 2.40. The fourth-order valence-electron chi connectivity index (χ4n) is 4.51. The predicted molar refractivity (Wildman–Crippen MR) is 138 cm³/mol. The van der Waals surface area contributed by atoms with E-state index in [-0.39, 0.29) is 27.6 Å². The van der Waals surface area contributed by atoms with Gasteiger partial charge >= 0.3 is 6.09 Å². The van der Waals surface area contributed by atoms with E-state index < -0.39 is 12.0 Å². The van der Waals surface area contributed by atoms with Crippen LogP contribution < -0.4 is 14.5 Å². The maximum Gasteiger partial charge on any atom is 0.419 e. The number of morpholine rings is 1. The monoisotopic (exact) mass is 506 g/mol. The average Bonchev–Trinajstić information content (AvgIpc) is 3.19. The molecule has 1 saturated heterocycles. The van der Waals surface area contributed by atoms with Crippen LogP contribution in [0.15, 0.2) is 60.7 Å². The highest BCUT2D eigenvalue weighted by atomic mass is 35.5. The van der Waals surface area contributed by atoms with Crippen molar-refractivity contribution in [2.45, 2.75) is 0 Å². The van der Waals surface area contributed by atoms with E-state index in [1.165, 1.54) is 13.2 Å². The number of carbonyl (C=O) groups excluding carboxylic acids is 1. The van der Waals surface area contributed by atoms with Crippen LogP contribution in [0, 0.1) is 0 Å². The molecule has 2 aliphatic heterocycles. The van der Waals surface area contributed by atoms with Gasteiger partial charge in [0.15, 0.2) is 0 Å². The third kappa shape index (κ3) is 4.14. The van der Waals surface area contributed by atoms with Crippen molar-refractivity contribution >= 4 is 46.3 Å². The Morgan fingerprint density at radius 3 is 2.39 bits per heavy atom. The van der Waals surface area contributed by atoms with Crippen molar-refractivity contribution in [1.29, 1.82) is 0 Å². The molecule has 9 heteroatoms. The fourth-order valence-corrected chi connectivity index (χ4v) is 4.78. The molecular weight excluding hydrogens is 484 g/mol. The molecule has 0 bridgehead atoms. The maximum absolute atomic E-state index is 13.2. The van der Waals surface area contributed by atoms with Gasteiger partial charge in [-0.3, -0.25) is 4.79 Å². The van der Waals surface area contributed by atoms with Gasteiger partial charge in [-0.25, -0.2) is 9.69 Å². The summed E-state index contributed by atoms with van der Waals surface area (Å²) in [5, 5.41) is 21.1. The first-order chi connectivity index (χ1) is 17.4. The summed E-state index contributed by atoms with van der Waals surface area (Å²) in [6.45, 7) is 2.98. The zero-order valence-corrected chi connectivity index (χ0v) is 20.2. The molecule has 3 aromatic carbocycles. The van der Waals surface area contributed by atoms with Crippen LogP contribution in [-0.4, -0.2) is 55.6 Å². The van der Waals surface area contributed by atoms with Crippen molar-refractivity contribution < 1.29 is 29.3 Å². The Morgan fingerprint density at radius 2 is 1.72 bits per heavy atom. The second-order valence-electron chi connectivity index (χ2n) is 8.37. The minimum absolute atomic E-state index is 0.0932. The third-order valence-corrected chi connectivity index (χ3v) is 6.65. The molecule has 1 fully saturated rings. The van der Waals surface area contributed by atoms with Crippen LogP contribution >= 0.6 is 11.6 Å². The van der Waals surface area contributed by atoms with E-state index in [4.69, 9.17) is 21.1 Å². The van der Waals surface area contributed by atoms with Gasteiger partial charge in [0.25, 0.3) is 5.91 Å². The fraction of sp³-hybridized carbons (Fsp3) is 0.185. The molecular formula is C27H23ClN2O6. The van der Waals surface area contributed by atoms with Crippen LogP contribution in [0.3, 0.4) is 0 Å². The predicted octanol–water partition coefficient (Wildman–Crippen LogP) is 5.30. The number of amides is 2. The van der Waals surface area contributed by atoms with E-state index >= 15 is 0 Å². The lowest BCUT2D eigenvalue weighted by atomic mass is 9.97. The molecule has 0 unspecified atom stereocenters. The van der Waals surface area contributed by atoms with Gasteiger partial charge in [-0.15, -0.1) is 0 Å². The Hall–Kier alpha value is -4.01. The Bertz CT molecular complexity index is 1380. The van der Waals surface area contributed by atoms with Crippen molar-refractivity contribution in [3.63, 3.8) is 0 Å². The Kier molecular flexibility index (Phi) is 6.30. The summed E-state index contributed by atoms with van der Waals surface area (Å²) in [5.74, 6) is -0.717. The SMILES string of the molecule is COc1cccc(C(O)=C2C(=O)N(C(=O)O)c3cc(Cl)c(-c4ccc(N5CCOCC5)cc4)cc32)c1. The van der Waals surface area contributed by atoms with Crippen LogP contribution in [0.5, 0.6) is 5.75 Å². The molecule has 2 heterocycles. The summed E-state index contributed by atoms with van der Waals surface area (Å²) >= 11 is 6.58. The minimum atomic E-state index is -1.46. The molecule has 0 aromatic heterocycles. The molecule has 5 rings (SSSR count). The summed E-state index contributed by atoms with van der Waals surface area (Å²) in [5.41, 5.74) is 3.03. The number of carbonyl (C=O) groups is 2. The van der Waals surface area contributed by atoms with Crippen molar-refractivity contribution in [3.05, 3.63) is 76.8 Å². The number of carboxylic acid groups (broad SMARTS) is 1. The van der Waals surface area contributed by atoms with Crippen molar-refractivity contribution in [3.8, 4) is 16.9 Å². The van der Waals surface area contributed by atoms with Crippen LogP contribution in [0.1, 0.15) is 11.1 Å². The average molecular weight is 507 g/mol. The second kappa shape index (κ2) is 9.56. The Labute approximate surface area is 212 Å². The number of hydrogen-bond acceptors (Lipinski definition) is 6. The van der Waals surface area contributed by atoms with E-state index in [0.29, 0.717) is 35.0 Å². The van der Waals surface area contributed by atoms with Gasteiger partial charge in [-0.05, 0) is 42.0 Å². The van der Waals surface area contributed by atoms with Crippen molar-refractivity contribution in [2.75, 3.05) is 43.2 Å². The number of ether oxygens (including phenoxy) is 2. The zero-order chi connectivity index (χ0) is 25.4. The van der Waals surface area contributed by atoms with E-state index in [1.54, 1.807) is 30.3 Å². The van der Waals surface area contributed by atoms with E-state index in [9.17, 15) is 19.8 Å². The van der Waals surface area contributed by atoms with Gasteiger partial charge < -0.3 is 24.6 Å². The summed E-state index contributed by atoms with van der Waals surface area (Å²) < 4.78 is 10.6. The zero-order valence-electron chi connectivity index (χ0n) is 19.4. The third-order valence-electron chi connectivity index (χ3n) is 6.34. The van der Waals surface area contributed by atoms with Crippen LogP contribution in [0.4, 0.5) is 16.2 Å². The number of fused-ring (bicyclic) bond motifs is 1.